The van der Waals surface area contributed by atoms with Crippen LogP contribution in [0.4, 0.5) is 0 Å². The largest absolute Gasteiger partial charge is 0.347 e. The Bertz CT molecular complexity index is 302. The molecule has 0 unspecified atom stereocenters. The van der Waals surface area contributed by atoms with Crippen molar-refractivity contribution in [2.45, 2.75) is 13.5 Å². The molecule has 0 spiro atoms. The number of imidazole rings is 1. The molecule has 0 saturated carbocycles. The van der Waals surface area contributed by atoms with Crippen LogP contribution in [0.15, 0.2) is 12.5 Å². The fourth-order valence-electron chi connectivity index (χ4n) is 1.22. The number of H-pyrrole nitrogens is 1. The van der Waals surface area contributed by atoms with Gasteiger partial charge in [-0.1, -0.05) is 0 Å². The summed E-state index contributed by atoms with van der Waals surface area (Å²) in [5.74, 6) is 0.113. The Balaban J connectivity index is 2.76. The summed E-state index contributed by atoms with van der Waals surface area (Å²) in [5, 5.41) is 0. The molecule has 1 heterocycles. The number of aromatic amines is 1. The summed E-state index contributed by atoms with van der Waals surface area (Å²) < 4.78 is 1.89. The predicted octanol–water partition coefficient (Wildman–Crippen LogP) is 1.37. The van der Waals surface area contributed by atoms with Gasteiger partial charge in [-0.3, -0.25) is 9.10 Å². The van der Waals surface area contributed by atoms with Crippen molar-refractivity contribution >= 4 is 16.1 Å². The first-order valence-corrected chi connectivity index (χ1v) is 7.16. The molecular weight excluding hydrogens is 198 g/mol. The zero-order valence-corrected chi connectivity index (χ0v) is 9.89. The third kappa shape index (κ3) is 2.77. The SMILES string of the molecule is CC(=O)N(Cc1cnc[nH]1)S(C)(C)C. The average molecular weight is 215 g/mol. The van der Waals surface area contributed by atoms with Crippen LogP contribution in [0.5, 0.6) is 0 Å². The highest BCUT2D eigenvalue weighted by Gasteiger charge is 2.19. The lowest BCUT2D eigenvalue weighted by molar-refractivity contribution is -0.124. The van der Waals surface area contributed by atoms with Crippen molar-refractivity contribution < 1.29 is 4.79 Å². The van der Waals surface area contributed by atoms with E-state index in [9.17, 15) is 4.79 Å². The molecule has 0 aromatic carbocycles. The highest BCUT2D eigenvalue weighted by atomic mass is 32.3. The number of hydrogen-bond acceptors (Lipinski definition) is 2. The van der Waals surface area contributed by atoms with Crippen LogP contribution in [0.2, 0.25) is 0 Å². The van der Waals surface area contributed by atoms with Gasteiger partial charge in [0.1, 0.15) is 0 Å². The minimum atomic E-state index is -1.00. The molecule has 1 rings (SSSR count). The third-order valence-corrected chi connectivity index (χ3v) is 3.59. The highest BCUT2D eigenvalue weighted by molar-refractivity contribution is 8.30. The fourth-order valence-corrected chi connectivity index (χ4v) is 2.51. The van der Waals surface area contributed by atoms with Crippen molar-refractivity contribution in [1.29, 1.82) is 0 Å². The molecule has 14 heavy (non-hydrogen) atoms. The molecule has 0 radical (unpaired) electrons. The summed E-state index contributed by atoms with van der Waals surface area (Å²) in [5.41, 5.74) is 0.975. The van der Waals surface area contributed by atoms with E-state index in [1.54, 1.807) is 19.4 Å². The summed E-state index contributed by atoms with van der Waals surface area (Å²) in [7, 11) is -1.00. The van der Waals surface area contributed by atoms with Crippen LogP contribution in [0.3, 0.4) is 0 Å². The van der Waals surface area contributed by atoms with E-state index >= 15 is 0 Å². The van der Waals surface area contributed by atoms with E-state index in [0.717, 1.165) is 5.69 Å². The summed E-state index contributed by atoms with van der Waals surface area (Å²) >= 11 is 0. The second-order valence-electron chi connectivity index (χ2n) is 3.90. The molecule has 4 nitrogen and oxygen atoms in total. The van der Waals surface area contributed by atoms with Crippen molar-refractivity contribution in [3.63, 3.8) is 0 Å². The number of aromatic nitrogens is 2. The van der Waals surface area contributed by atoms with Crippen molar-refractivity contribution in [3.8, 4) is 0 Å². The lowest BCUT2D eigenvalue weighted by Gasteiger charge is -2.39. The molecule has 0 aliphatic heterocycles. The Labute approximate surface area is 86.2 Å². The first-order chi connectivity index (χ1) is 6.41. The minimum absolute atomic E-state index is 0.113. The zero-order chi connectivity index (χ0) is 10.8. The standard InChI is InChI=1S/C9H17N3OS/c1-8(13)12(14(2,3)4)6-9-5-10-7-11-9/h5,7H,6H2,1-4H3,(H,10,11). The summed E-state index contributed by atoms with van der Waals surface area (Å²) in [6.45, 7) is 2.22. The molecule has 1 aromatic rings. The molecule has 1 amide bonds. The van der Waals surface area contributed by atoms with Gasteiger partial charge in [-0.2, -0.15) is 10.2 Å². The van der Waals surface area contributed by atoms with Crippen molar-refractivity contribution in [3.05, 3.63) is 18.2 Å². The molecule has 1 aromatic heterocycles. The van der Waals surface area contributed by atoms with E-state index in [1.807, 2.05) is 4.31 Å². The van der Waals surface area contributed by atoms with E-state index in [4.69, 9.17) is 0 Å². The van der Waals surface area contributed by atoms with Gasteiger partial charge >= 0.3 is 0 Å². The summed E-state index contributed by atoms with van der Waals surface area (Å²) in [6.07, 6.45) is 9.69. The average Bonchev–Trinajstić information content (AvgIpc) is 2.48. The number of carbonyl (C=O) groups excluding carboxylic acids is 1. The first kappa shape index (κ1) is 11.1. The molecular formula is C9H17N3OS. The number of carbonyl (C=O) groups is 1. The second kappa shape index (κ2) is 4.04. The minimum Gasteiger partial charge on any atom is -0.347 e. The van der Waals surface area contributed by atoms with E-state index in [1.165, 1.54) is 0 Å². The van der Waals surface area contributed by atoms with Gasteiger partial charge in [-0.15, -0.1) is 0 Å². The molecule has 1 N–H and O–H groups in total. The highest BCUT2D eigenvalue weighted by Crippen LogP contribution is 2.40. The van der Waals surface area contributed by atoms with Gasteiger partial charge in [0, 0.05) is 13.1 Å². The Kier molecular flexibility index (Phi) is 3.21. The van der Waals surface area contributed by atoms with Crippen LogP contribution in [-0.2, 0) is 11.3 Å². The van der Waals surface area contributed by atoms with Gasteiger partial charge in [0.2, 0.25) is 5.91 Å². The van der Waals surface area contributed by atoms with Crippen LogP contribution < -0.4 is 0 Å². The number of rotatable bonds is 3. The van der Waals surface area contributed by atoms with Crippen LogP contribution >= 0.6 is 10.2 Å². The van der Waals surface area contributed by atoms with Crippen LogP contribution in [0.25, 0.3) is 0 Å². The third-order valence-electron chi connectivity index (χ3n) is 1.88. The molecule has 0 aliphatic rings. The molecule has 0 fully saturated rings. The predicted molar refractivity (Wildman–Crippen MR) is 60.2 cm³/mol. The first-order valence-electron chi connectivity index (χ1n) is 4.35. The molecule has 0 atom stereocenters. The smallest absolute Gasteiger partial charge is 0.228 e. The van der Waals surface area contributed by atoms with Gasteiger partial charge in [0.05, 0.1) is 18.6 Å². The quantitative estimate of drug-likeness (QED) is 0.827. The molecule has 0 aliphatic carbocycles. The van der Waals surface area contributed by atoms with Crippen molar-refractivity contribution in [2.75, 3.05) is 18.8 Å². The Hall–Kier alpha value is -0.970. The number of nitrogens with zero attached hydrogens (tertiary/aromatic N) is 2. The van der Waals surface area contributed by atoms with Gasteiger partial charge in [-0.25, -0.2) is 4.98 Å². The number of amides is 1. The monoisotopic (exact) mass is 215 g/mol. The topological polar surface area (TPSA) is 49.0 Å². The maximum atomic E-state index is 11.4. The molecule has 5 heteroatoms. The summed E-state index contributed by atoms with van der Waals surface area (Å²) in [4.78, 5) is 18.4. The normalized spacial score (nSPS) is 12.6. The Morgan fingerprint density at radius 2 is 2.21 bits per heavy atom. The van der Waals surface area contributed by atoms with Crippen LogP contribution in [0.1, 0.15) is 12.6 Å². The summed E-state index contributed by atoms with van der Waals surface area (Å²) in [6, 6.07) is 0. The van der Waals surface area contributed by atoms with E-state index in [2.05, 4.69) is 28.7 Å². The van der Waals surface area contributed by atoms with Crippen LogP contribution in [0, 0.1) is 0 Å². The number of nitrogens with one attached hydrogen (secondary N) is 1. The molecule has 0 bridgehead atoms. The van der Waals surface area contributed by atoms with E-state index < -0.39 is 10.2 Å². The molecule has 0 saturated heterocycles. The van der Waals surface area contributed by atoms with Crippen molar-refractivity contribution in [2.24, 2.45) is 0 Å². The Morgan fingerprint density at radius 1 is 1.57 bits per heavy atom. The zero-order valence-electron chi connectivity index (χ0n) is 9.07. The van der Waals surface area contributed by atoms with E-state index in [-0.39, 0.29) is 5.91 Å². The van der Waals surface area contributed by atoms with Crippen molar-refractivity contribution in [1.82, 2.24) is 14.3 Å². The fraction of sp³-hybridized carbons (Fsp3) is 0.556. The van der Waals surface area contributed by atoms with Gasteiger partial charge in [0.15, 0.2) is 0 Å². The van der Waals surface area contributed by atoms with Gasteiger partial charge in [-0.05, 0) is 18.8 Å². The second-order valence-corrected chi connectivity index (χ2v) is 7.89. The molecule has 80 valence electrons. The van der Waals surface area contributed by atoms with Crippen LogP contribution in [-0.4, -0.2) is 38.9 Å². The lowest BCUT2D eigenvalue weighted by atomic mass is 10.4. The Morgan fingerprint density at radius 3 is 2.57 bits per heavy atom. The maximum Gasteiger partial charge on any atom is 0.228 e. The maximum absolute atomic E-state index is 11.4. The van der Waals surface area contributed by atoms with E-state index in [0.29, 0.717) is 6.54 Å². The lowest BCUT2D eigenvalue weighted by Crippen LogP contribution is -2.30. The van der Waals surface area contributed by atoms with Gasteiger partial charge < -0.3 is 4.98 Å². The number of hydrogen-bond donors (Lipinski definition) is 1. The van der Waals surface area contributed by atoms with Gasteiger partial charge in [0.25, 0.3) is 0 Å².